The predicted molar refractivity (Wildman–Crippen MR) is 142 cm³/mol. The van der Waals surface area contributed by atoms with Gasteiger partial charge in [0.05, 0.1) is 30.9 Å². The van der Waals surface area contributed by atoms with Crippen LogP contribution in [0.3, 0.4) is 0 Å². The third-order valence-corrected chi connectivity index (χ3v) is 6.60. The maximum Gasteiger partial charge on any atom is 0.257 e. The summed E-state index contributed by atoms with van der Waals surface area (Å²) in [7, 11) is 3.41. The molecule has 1 unspecified atom stereocenters. The van der Waals surface area contributed by atoms with E-state index in [4.69, 9.17) is 19.3 Å². The molecule has 1 fully saturated rings. The Balaban J connectivity index is 1.56. The van der Waals surface area contributed by atoms with E-state index < -0.39 is 11.7 Å². The van der Waals surface area contributed by atoms with Gasteiger partial charge >= 0.3 is 0 Å². The second-order valence-electron chi connectivity index (χ2n) is 9.20. The molecule has 1 aliphatic heterocycles. The van der Waals surface area contributed by atoms with E-state index >= 15 is 0 Å². The highest BCUT2D eigenvalue weighted by atomic mass is 19.1. The summed E-state index contributed by atoms with van der Waals surface area (Å²) < 4.78 is 33.8. The predicted octanol–water partition coefficient (Wildman–Crippen LogP) is 5.85. The molecule has 196 valence electrons. The number of aromatic nitrogens is 2. The van der Waals surface area contributed by atoms with E-state index in [2.05, 4.69) is 0 Å². The number of amides is 1. The minimum Gasteiger partial charge on any atom is -0.497 e. The van der Waals surface area contributed by atoms with Crippen LogP contribution in [0.4, 0.5) is 4.39 Å². The molecule has 0 spiro atoms. The molecular weight excluding hydrogens is 485 g/mol. The second kappa shape index (κ2) is 11.5. The van der Waals surface area contributed by atoms with E-state index in [1.807, 2.05) is 54.6 Å². The van der Waals surface area contributed by atoms with Gasteiger partial charge in [0.1, 0.15) is 23.0 Å². The van der Waals surface area contributed by atoms with Gasteiger partial charge in [-0.1, -0.05) is 42.5 Å². The fourth-order valence-electron chi connectivity index (χ4n) is 4.66. The highest BCUT2D eigenvalue weighted by Gasteiger charge is 2.29. The second-order valence-corrected chi connectivity index (χ2v) is 9.20. The molecule has 1 atom stereocenters. The quantitative estimate of drug-likeness (QED) is 0.280. The summed E-state index contributed by atoms with van der Waals surface area (Å²) in [5.41, 5.74) is 2.32. The first-order chi connectivity index (χ1) is 18.5. The number of carbonyl (C=O) groups excluding carboxylic acids is 1. The summed E-state index contributed by atoms with van der Waals surface area (Å²) in [6.45, 7) is 1.15. The minimum atomic E-state index is -0.556. The van der Waals surface area contributed by atoms with Crippen molar-refractivity contribution in [2.75, 3.05) is 20.3 Å². The molecule has 1 amide bonds. The minimum absolute atomic E-state index is 0.0215. The number of carbonyl (C=O) groups is 1. The normalized spacial score (nSPS) is 14.9. The summed E-state index contributed by atoms with van der Waals surface area (Å²) in [6.07, 6.45) is 1.66. The highest BCUT2D eigenvalue weighted by Crippen LogP contribution is 2.35. The molecule has 1 aliphatic rings. The SMILES string of the molecule is COc1ccc(Oc2c(CN(CC3CCCO3)C(=O)c3ccccc3F)c(-c3ccccc3)nn2C)cc1. The number of nitrogens with zero attached hydrogens (tertiary/aromatic N) is 3. The van der Waals surface area contributed by atoms with Gasteiger partial charge in [0.25, 0.3) is 5.91 Å². The summed E-state index contributed by atoms with van der Waals surface area (Å²) in [5, 5.41) is 4.77. The Kier molecular flexibility index (Phi) is 7.70. The maximum atomic E-state index is 14.7. The average Bonchev–Trinajstić information content (AvgIpc) is 3.57. The summed E-state index contributed by atoms with van der Waals surface area (Å²) >= 11 is 0. The fraction of sp³-hybridized carbons (Fsp3) is 0.267. The summed E-state index contributed by atoms with van der Waals surface area (Å²) in [5.74, 6) is 0.843. The topological polar surface area (TPSA) is 65.8 Å². The zero-order chi connectivity index (χ0) is 26.5. The Morgan fingerprint density at radius 3 is 2.45 bits per heavy atom. The molecule has 3 aromatic carbocycles. The first kappa shape index (κ1) is 25.5. The van der Waals surface area contributed by atoms with Crippen LogP contribution in [-0.4, -0.2) is 47.0 Å². The lowest BCUT2D eigenvalue weighted by molar-refractivity contribution is 0.0502. The molecule has 0 aliphatic carbocycles. The van der Waals surface area contributed by atoms with E-state index in [0.717, 1.165) is 24.0 Å². The van der Waals surface area contributed by atoms with Crippen LogP contribution in [0.25, 0.3) is 11.3 Å². The number of benzene rings is 3. The first-order valence-corrected chi connectivity index (χ1v) is 12.6. The molecule has 1 saturated heterocycles. The van der Waals surface area contributed by atoms with E-state index in [-0.39, 0.29) is 18.2 Å². The van der Waals surface area contributed by atoms with Crippen LogP contribution >= 0.6 is 0 Å². The molecule has 0 N–H and O–H groups in total. The largest absolute Gasteiger partial charge is 0.497 e. The van der Waals surface area contributed by atoms with Gasteiger partial charge in [-0.3, -0.25) is 4.79 Å². The van der Waals surface area contributed by atoms with Crippen molar-refractivity contribution in [2.45, 2.75) is 25.5 Å². The molecule has 4 aromatic rings. The molecule has 8 heteroatoms. The Bertz CT molecular complexity index is 1380. The molecule has 0 bridgehead atoms. The number of rotatable bonds is 9. The van der Waals surface area contributed by atoms with Gasteiger partial charge in [-0.05, 0) is 49.2 Å². The van der Waals surface area contributed by atoms with Gasteiger partial charge in [-0.15, -0.1) is 0 Å². The molecular formula is C30H30FN3O4. The van der Waals surface area contributed by atoms with Crippen LogP contribution in [0.2, 0.25) is 0 Å². The van der Waals surface area contributed by atoms with E-state index in [1.54, 1.807) is 35.9 Å². The van der Waals surface area contributed by atoms with Crippen LogP contribution in [0.1, 0.15) is 28.8 Å². The van der Waals surface area contributed by atoms with Crippen molar-refractivity contribution >= 4 is 5.91 Å². The number of hydrogen-bond acceptors (Lipinski definition) is 5. The van der Waals surface area contributed by atoms with Crippen molar-refractivity contribution in [1.82, 2.24) is 14.7 Å². The Hall–Kier alpha value is -4.17. The average molecular weight is 516 g/mol. The Labute approximate surface area is 221 Å². The molecule has 38 heavy (non-hydrogen) atoms. The molecule has 0 radical (unpaired) electrons. The van der Waals surface area contributed by atoms with Gasteiger partial charge < -0.3 is 19.1 Å². The molecule has 7 nitrogen and oxygen atoms in total. The van der Waals surface area contributed by atoms with Gasteiger partial charge in [0, 0.05) is 25.8 Å². The fourth-order valence-corrected chi connectivity index (χ4v) is 4.66. The number of methoxy groups -OCH3 is 1. The van der Waals surface area contributed by atoms with Crippen molar-refractivity contribution in [3.8, 4) is 28.6 Å². The monoisotopic (exact) mass is 515 g/mol. The van der Waals surface area contributed by atoms with Crippen LogP contribution in [0.5, 0.6) is 17.4 Å². The van der Waals surface area contributed by atoms with E-state index in [9.17, 15) is 9.18 Å². The molecule has 2 heterocycles. The lowest BCUT2D eigenvalue weighted by Gasteiger charge is -2.26. The van der Waals surface area contributed by atoms with Gasteiger partial charge in [-0.25, -0.2) is 9.07 Å². The van der Waals surface area contributed by atoms with Crippen LogP contribution in [0.15, 0.2) is 78.9 Å². The Morgan fingerprint density at radius 1 is 1.05 bits per heavy atom. The van der Waals surface area contributed by atoms with Crippen LogP contribution in [-0.2, 0) is 18.3 Å². The number of halogens is 1. The third-order valence-electron chi connectivity index (χ3n) is 6.60. The number of aryl methyl sites for hydroxylation is 1. The third kappa shape index (κ3) is 5.55. The highest BCUT2D eigenvalue weighted by molar-refractivity contribution is 5.94. The number of ether oxygens (including phenoxy) is 3. The van der Waals surface area contributed by atoms with Crippen molar-refractivity contribution in [1.29, 1.82) is 0 Å². The van der Waals surface area contributed by atoms with Crippen molar-refractivity contribution in [3.63, 3.8) is 0 Å². The van der Waals surface area contributed by atoms with Crippen molar-refractivity contribution < 1.29 is 23.4 Å². The number of hydrogen-bond donors (Lipinski definition) is 0. The lowest BCUT2D eigenvalue weighted by Crippen LogP contribution is -2.37. The van der Waals surface area contributed by atoms with E-state index in [1.165, 1.54) is 12.1 Å². The standard InChI is InChI=1S/C30H30FN3O4/c1-33-30(38-23-16-14-22(36-2)15-17-23)26(28(32-33)21-9-4-3-5-10-21)20-34(19-24-11-8-18-37-24)29(35)25-12-6-7-13-27(25)31/h3-7,9-10,12-17,24H,8,11,18-20H2,1-2H3. The van der Waals surface area contributed by atoms with Crippen molar-refractivity contribution in [2.24, 2.45) is 7.05 Å². The molecule has 5 rings (SSSR count). The van der Waals surface area contributed by atoms with E-state index in [0.29, 0.717) is 36.2 Å². The molecule has 0 saturated carbocycles. The van der Waals surface area contributed by atoms with Gasteiger partial charge in [0.2, 0.25) is 5.88 Å². The van der Waals surface area contributed by atoms with Crippen LogP contribution < -0.4 is 9.47 Å². The smallest absolute Gasteiger partial charge is 0.257 e. The van der Waals surface area contributed by atoms with Gasteiger partial charge in [0.15, 0.2) is 0 Å². The Morgan fingerprint density at radius 2 is 1.76 bits per heavy atom. The molecule has 1 aromatic heterocycles. The summed E-state index contributed by atoms with van der Waals surface area (Å²) in [6, 6.07) is 23.0. The van der Waals surface area contributed by atoms with Crippen LogP contribution in [0, 0.1) is 5.82 Å². The first-order valence-electron chi connectivity index (χ1n) is 12.6. The zero-order valence-electron chi connectivity index (χ0n) is 21.5. The summed E-state index contributed by atoms with van der Waals surface area (Å²) in [4.78, 5) is 15.3. The zero-order valence-corrected chi connectivity index (χ0v) is 21.5. The lowest BCUT2D eigenvalue weighted by atomic mass is 10.1. The van der Waals surface area contributed by atoms with Gasteiger partial charge in [-0.2, -0.15) is 5.10 Å². The maximum absolute atomic E-state index is 14.7. The van der Waals surface area contributed by atoms with Crippen molar-refractivity contribution in [3.05, 3.63) is 95.8 Å².